The minimum Gasteiger partial charge on any atom is -0.461 e. The fourth-order valence-corrected chi connectivity index (χ4v) is 5.33. The number of allylic oxidation sites excluding steroid dienone is 1. The van der Waals surface area contributed by atoms with Gasteiger partial charge in [-0.2, -0.15) is 0 Å². The molecule has 2 heterocycles. The van der Waals surface area contributed by atoms with E-state index < -0.39 is 0 Å². The van der Waals surface area contributed by atoms with Gasteiger partial charge in [-0.05, 0) is 46.2 Å². The third-order valence-electron chi connectivity index (χ3n) is 6.95. The summed E-state index contributed by atoms with van der Waals surface area (Å²) in [5.41, 5.74) is 2.99. The molecule has 2 aliphatic heterocycles. The Bertz CT molecular complexity index is 553. The van der Waals surface area contributed by atoms with Crippen LogP contribution in [0.4, 0.5) is 0 Å². The molecule has 128 valence electrons. The van der Waals surface area contributed by atoms with Gasteiger partial charge in [0.15, 0.2) is 0 Å². The number of nitrogens with zero attached hydrogens (tertiary/aromatic N) is 1. The lowest BCUT2D eigenvalue weighted by Gasteiger charge is -2.29. The van der Waals surface area contributed by atoms with E-state index >= 15 is 0 Å². The van der Waals surface area contributed by atoms with Crippen molar-refractivity contribution in [1.29, 1.82) is 0 Å². The molecule has 3 fully saturated rings. The van der Waals surface area contributed by atoms with E-state index in [1.807, 2.05) is 0 Å². The summed E-state index contributed by atoms with van der Waals surface area (Å²) in [6.07, 6.45) is 3.63. The summed E-state index contributed by atoms with van der Waals surface area (Å²) < 4.78 is 12.0. The third-order valence-corrected chi connectivity index (χ3v) is 6.95. The molecule has 0 bridgehead atoms. The first-order chi connectivity index (χ1) is 11.0. The van der Waals surface area contributed by atoms with E-state index in [1.165, 1.54) is 11.1 Å². The third kappa shape index (κ3) is 2.21. The number of rotatable bonds is 4. The van der Waals surface area contributed by atoms with Gasteiger partial charge in [-0.15, -0.1) is 0 Å². The average molecular weight is 319 g/mol. The maximum absolute atomic E-state index is 12.6. The Balaban J connectivity index is 1.62. The summed E-state index contributed by atoms with van der Waals surface area (Å²) in [5, 5.41) is 0. The molecule has 2 saturated heterocycles. The molecule has 4 heteroatoms. The summed E-state index contributed by atoms with van der Waals surface area (Å²) in [7, 11) is 0. The molecule has 0 N–H and O–H groups in total. The van der Waals surface area contributed by atoms with Crippen LogP contribution < -0.4 is 0 Å². The highest BCUT2D eigenvalue weighted by Gasteiger charge is 2.69. The van der Waals surface area contributed by atoms with Crippen LogP contribution in [0, 0.1) is 17.8 Å². The fourth-order valence-electron chi connectivity index (χ4n) is 5.33. The first kappa shape index (κ1) is 15.6. The second-order valence-corrected chi connectivity index (χ2v) is 7.97. The Labute approximate surface area is 139 Å². The van der Waals surface area contributed by atoms with Crippen LogP contribution >= 0.6 is 0 Å². The highest BCUT2D eigenvalue weighted by Crippen LogP contribution is 2.62. The van der Waals surface area contributed by atoms with Gasteiger partial charge in [0.25, 0.3) is 0 Å². The van der Waals surface area contributed by atoms with E-state index in [-0.39, 0.29) is 23.6 Å². The van der Waals surface area contributed by atoms with E-state index in [0.717, 1.165) is 38.9 Å². The van der Waals surface area contributed by atoms with Gasteiger partial charge >= 0.3 is 5.97 Å². The van der Waals surface area contributed by atoms with Crippen molar-refractivity contribution in [3.63, 3.8) is 0 Å². The maximum Gasteiger partial charge on any atom is 0.310 e. The summed E-state index contributed by atoms with van der Waals surface area (Å²) >= 11 is 0. The van der Waals surface area contributed by atoms with Crippen molar-refractivity contribution >= 4 is 5.97 Å². The fraction of sp³-hybridized carbons (Fsp3) is 0.842. The molecule has 4 rings (SSSR count). The summed E-state index contributed by atoms with van der Waals surface area (Å²) in [5.74, 6) is 0.706. The molecule has 1 saturated carbocycles. The predicted molar refractivity (Wildman–Crippen MR) is 88.0 cm³/mol. The van der Waals surface area contributed by atoms with Gasteiger partial charge in [0.05, 0.1) is 12.0 Å². The Morgan fingerprint density at radius 2 is 2.04 bits per heavy atom. The first-order valence-corrected chi connectivity index (χ1v) is 9.28. The predicted octanol–water partition coefficient (Wildman–Crippen LogP) is 2.77. The van der Waals surface area contributed by atoms with Gasteiger partial charge in [0, 0.05) is 18.4 Å². The molecule has 4 aliphatic rings. The van der Waals surface area contributed by atoms with Crippen LogP contribution in [0.3, 0.4) is 0 Å². The summed E-state index contributed by atoms with van der Waals surface area (Å²) in [6, 6.07) is 0. The molecule has 6 atom stereocenters. The number of carbonyl (C=O) groups excluding carboxylic acids is 1. The quantitative estimate of drug-likeness (QED) is 0.454. The largest absolute Gasteiger partial charge is 0.461 e. The van der Waals surface area contributed by atoms with E-state index in [9.17, 15) is 4.79 Å². The van der Waals surface area contributed by atoms with Crippen LogP contribution in [0.25, 0.3) is 0 Å². The topological polar surface area (TPSA) is 42.1 Å². The maximum atomic E-state index is 12.6. The number of carbonyl (C=O) groups is 1. The van der Waals surface area contributed by atoms with Crippen molar-refractivity contribution in [3.8, 4) is 0 Å². The number of epoxide rings is 1. The van der Waals surface area contributed by atoms with Crippen molar-refractivity contribution in [2.75, 3.05) is 19.6 Å². The van der Waals surface area contributed by atoms with Gasteiger partial charge in [0.1, 0.15) is 11.7 Å². The lowest BCUT2D eigenvalue weighted by molar-refractivity contribution is -0.146. The molecule has 2 aliphatic carbocycles. The minimum absolute atomic E-state index is 0.0264. The number of ether oxygens (including phenoxy) is 2. The molecule has 0 aromatic carbocycles. The van der Waals surface area contributed by atoms with Crippen LogP contribution in [0.1, 0.15) is 47.0 Å². The molecule has 0 spiro atoms. The van der Waals surface area contributed by atoms with E-state index in [1.54, 1.807) is 0 Å². The Kier molecular flexibility index (Phi) is 3.62. The van der Waals surface area contributed by atoms with Crippen molar-refractivity contribution < 1.29 is 14.3 Å². The molecule has 0 aromatic rings. The van der Waals surface area contributed by atoms with E-state index in [4.69, 9.17) is 9.47 Å². The first-order valence-electron chi connectivity index (χ1n) is 9.28. The monoisotopic (exact) mass is 319 g/mol. The molecule has 0 unspecified atom stereocenters. The van der Waals surface area contributed by atoms with Crippen LogP contribution in [0.2, 0.25) is 0 Å². The second-order valence-electron chi connectivity index (χ2n) is 7.97. The van der Waals surface area contributed by atoms with Crippen molar-refractivity contribution in [2.24, 2.45) is 17.8 Å². The zero-order valence-corrected chi connectivity index (χ0v) is 14.8. The highest BCUT2D eigenvalue weighted by molar-refractivity contribution is 5.76. The number of esters is 1. The molecule has 23 heavy (non-hydrogen) atoms. The normalized spacial score (nSPS) is 44.7. The molecular weight excluding hydrogens is 290 g/mol. The molecular formula is C19H29NO3. The van der Waals surface area contributed by atoms with Crippen LogP contribution in [-0.4, -0.2) is 48.3 Å². The van der Waals surface area contributed by atoms with Gasteiger partial charge < -0.3 is 14.4 Å². The average Bonchev–Trinajstić information content (AvgIpc) is 3.00. The molecule has 0 radical (unpaired) electrons. The van der Waals surface area contributed by atoms with Crippen LogP contribution in [0.5, 0.6) is 0 Å². The number of hydrogen-bond acceptors (Lipinski definition) is 4. The molecule has 4 nitrogen and oxygen atoms in total. The minimum atomic E-state index is -0.0752. The smallest absolute Gasteiger partial charge is 0.310 e. The second kappa shape index (κ2) is 5.32. The number of fused-ring (bicyclic) bond motifs is 5. The number of hydrogen-bond donors (Lipinski definition) is 0. The SMILES string of the molecule is CCN(CC)C[C@@H]1C(=O)O[C@H]2[C@H]1CCC(C)=C1C[C@H]3O[C@@]3(C)[C@@H]12. The van der Waals surface area contributed by atoms with Crippen molar-refractivity contribution in [3.05, 3.63) is 11.1 Å². The Morgan fingerprint density at radius 3 is 2.74 bits per heavy atom. The highest BCUT2D eigenvalue weighted by atomic mass is 16.6. The lowest BCUT2D eigenvalue weighted by atomic mass is 9.78. The summed E-state index contributed by atoms with van der Waals surface area (Å²) in [4.78, 5) is 15.0. The Morgan fingerprint density at radius 1 is 1.30 bits per heavy atom. The zero-order valence-electron chi connectivity index (χ0n) is 14.8. The van der Waals surface area contributed by atoms with Crippen LogP contribution in [-0.2, 0) is 14.3 Å². The summed E-state index contributed by atoms with van der Waals surface area (Å²) in [6.45, 7) is 11.7. The van der Waals surface area contributed by atoms with Gasteiger partial charge in [-0.25, -0.2) is 0 Å². The van der Waals surface area contributed by atoms with E-state index in [0.29, 0.717) is 17.9 Å². The van der Waals surface area contributed by atoms with Crippen LogP contribution in [0.15, 0.2) is 11.1 Å². The van der Waals surface area contributed by atoms with Gasteiger partial charge in [-0.3, -0.25) is 4.79 Å². The van der Waals surface area contributed by atoms with E-state index in [2.05, 4.69) is 32.6 Å². The van der Waals surface area contributed by atoms with Gasteiger partial charge in [0.2, 0.25) is 0 Å². The molecule has 0 aromatic heterocycles. The zero-order chi connectivity index (χ0) is 16.4. The van der Waals surface area contributed by atoms with Gasteiger partial charge in [-0.1, -0.05) is 25.0 Å². The van der Waals surface area contributed by atoms with Crippen molar-refractivity contribution in [1.82, 2.24) is 4.90 Å². The molecule has 0 amide bonds. The van der Waals surface area contributed by atoms with Crippen molar-refractivity contribution in [2.45, 2.75) is 64.8 Å². The standard InChI is InChI=1S/C19H29NO3/c1-5-20(6-2)10-14-12-8-7-11(3)13-9-15-19(4,23-15)16(13)17(12)22-18(14)21/h12,14-17H,5-10H2,1-4H3/t12-,14-,15+,16-,17-,19+/m0/s1. The lowest BCUT2D eigenvalue weighted by Crippen LogP contribution is -2.38. The Hall–Kier alpha value is -0.870.